The number of hydrogen-bond acceptors (Lipinski definition) is 6. The van der Waals surface area contributed by atoms with Gasteiger partial charge in [-0.1, -0.05) is 24.3 Å². The standard InChI is InChI=1S/C25H30N2O5S/c1-25(2,3)32-24(28)27-21-12-9-13-22(31-17-16-26-14-7-8-15-26)20(21)18-23(27)33(29,30)19-10-5-4-6-11-19/h4-6,9-13,18H,7-8,14-17H2,1-3H3. The summed E-state index contributed by atoms with van der Waals surface area (Å²) in [7, 11) is -3.98. The van der Waals surface area contributed by atoms with Gasteiger partial charge in [0.25, 0.3) is 0 Å². The molecule has 0 radical (unpaired) electrons. The average molecular weight is 471 g/mol. The molecule has 0 saturated carbocycles. The molecule has 0 amide bonds. The zero-order valence-electron chi connectivity index (χ0n) is 19.3. The minimum atomic E-state index is -3.98. The molecule has 2 heterocycles. The highest BCUT2D eigenvalue weighted by molar-refractivity contribution is 7.91. The van der Waals surface area contributed by atoms with E-state index < -0.39 is 21.5 Å². The van der Waals surface area contributed by atoms with Crippen LogP contribution in [0.15, 0.2) is 64.5 Å². The molecule has 1 saturated heterocycles. The molecule has 2 aromatic carbocycles. The van der Waals surface area contributed by atoms with E-state index in [1.54, 1.807) is 57.2 Å². The van der Waals surface area contributed by atoms with E-state index >= 15 is 0 Å². The predicted molar refractivity (Wildman–Crippen MR) is 127 cm³/mol. The molecule has 0 spiro atoms. The molecular weight excluding hydrogens is 440 g/mol. The molecule has 176 valence electrons. The van der Waals surface area contributed by atoms with E-state index in [-0.39, 0.29) is 9.92 Å². The Morgan fingerprint density at radius 2 is 1.70 bits per heavy atom. The molecule has 0 atom stereocenters. The largest absolute Gasteiger partial charge is 0.492 e. The van der Waals surface area contributed by atoms with E-state index in [4.69, 9.17) is 9.47 Å². The lowest BCUT2D eigenvalue weighted by Crippen LogP contribution is -2.28. The third kappa shape index (κ3) is 5.07. The van der Waals surface area contributed by atoms with Crippen LogP contribution in [0, 0.1) is 0 Å². The van der Waals surface area contributed by atoms with Crippen LogP contribution in [-0.4, -0.2) is 55.8 Å². The smallest absolute Gasteiger partial charge is 0.420 e. The summed E-state index contributed by atoms with van der Waals surface area (Å²) < 4.78 is 39.8. The lowest BCUT2D eigenvalue weighted by molar-refractivity contribution is 0.0530. The molecular formula is C25H30N2O5S. The third-order valence-corrected chi connectivity index (χ3v) is 7.28. The fraction of sp³-hybridized carbons (Fsp3) is 0.400. The highest BCUT2D eigenvalue weighted by atomic mass is 32.2. The quantitative estimate of drug-likeness (QED) is 0.518. The molecule has 1 aliphatic rings. The van der Waals surface area contributed by atoms with Gasteiger partial charge >= 0.3 is 6.09 Å². The number of fused-ring (bicyclic) bond motifs is 1. The molecule has 0 bridgehead atoms. The highest BCUT2D eigenvalue weighted by Gasteiger charge is 2.30. The second-order valence-corrected chi connectivity index (χ2v) is 11.1. The lowest BCUT2D eigenvalue weighted by atomic mass is 10.2. The van der Waals surface area contributed by atoms with Crippen molar-refractivity contribution in [3.63, 3.8) is 0 Å². The van der Waals surface area contributed by atoms with Gasteiger partial charge in [-0.25, -0.2) is 17.8 Å². The van der Waals surface area contributed by atoms with E-state index in [0.29, 0.717) is 23.3 Å². The first-order valence-corrected chi connectivity index (χ1v) is 12.7. The number of hydrogen-bond donors (Lipinski definition) is 0. The van der Waals surface area contributed by atoms with E-state index in [2.05, 4.69) is 4.90 Å². The lowest BCUT2D eigenvalue weighted by Gasteiger charge is -2.21. The summed E-state index contributed by atoms with van der Waals surface area (Å²) in [4.78, 5) is 15.6. The molecule has 1 aliphatic heterocycles. The molecule has 0 unspecified atom stereocenters. The van der Waals surface area contributed by atoms with Crippen molar-refractivity contribution >= 4 is 26.8 Å². The Balaban J connectivity index is 1.78. The van der Waals surface area contributed by atoms with Crippen LogP contribution in [-0.2, 0) is 14.6 Å². The van der Waals surface area contributed by atoms with Crippen molar-refractivity contribution in [2.45, 2.75) is 49.1 Å². The number of carbonyl (C=O) groups is 1. The van der Waals surface area contributed by atoms with Crippen LogP contribution in [0.25, 0.3) is 10.9 Å². The number of aromatic nitrogens is 1. The number of carbonyl (C=O) groups excluding carboxylic acids is 1. The Morgan fingerprint density at radius 3 is 2.36 bits per heavy atom. The molecule has 0 aliphatic carbocycles. The Labute approximate surface area is 194 Å². The zero-order valence-corrected chi connectivity index (χ0v) is 20.1. The normalized spacial score (nSPS) is 15.1. The van der Waals surface area contributed by atoms with Gasteiger partial charge in [-0.15, -0.1) is 0 Å². The summed E-state index contributed by atoms with van der Waals surface area (Å²) in [6, 6.07) is 14.8. The number of ether oxygens (including phenoxy) is 2. The fourth-order valence-electron chi connectivity index (χ4n) is 4.01. The molecule has 33 heavy (non-hydrogen) atoms. The number of nitrogens with zero attached hydrogens (tertiary/aromatic N) is 2. The van der Waals surface area contributed by atoms with Gasteiger partial charge in [-0.2, -0.15) is 0 Å². The first kappa shape index (κ1) is 23.3. The molecule has 3 aromatic rings. The minimum absolute atomic E-state index is 0.106. The first-order chi connectivity index (χ1) is 15.7. The number of likely N-dealkylation sites (tertiary alicyclic amines) is 1. The monoisotopic (exact) mass is 470 g/mol. The van der Waals surface area contributed by atoms with Crippen LogP contribution in [0.2, 0.25) is 0 Å². The molecule has 4 rings (SSSR count). The number of sulfone groups is 1. The Bertz CT molecular complexity index is 1240. The van der Waals surface area contributed by atoms with Crippen LogP contribution in [0.4, 0.5) is 4.79 Å². The van der Waals surface area contributed by atoms with E-state index in [0.717, 1.165) is 24.2 Å². The zero-order chi connectivity index (χ0) is 23.6. The molecule has 8 heteroatoms. The van der Waals surface area contributed by atoms with Gasteiger partial charge < -0.3 is 9.47 Å². The second kappa shape index (κ2) is 9.19. The summed E-state index contributed by atoms with van der Waals surface area (Å²) in [5, 5.41) is 0.410. The Hall–Kier alpha value is -2.84. The van der Waals surface area contributed by atoms with Crippen LogP contribution >= 0.6 is 0 Å². The molecule has 1 aromatic heterocycles. The molecule has 1 fully saturated rings. The summed E-state index contributed by atoms with van der Waals surface area (Å²) >= 11 is 0. The van der Waals surface area contributed by atoms with Gasteiger partial charge in [-0.05, 0) is 77.0 Å². The van der Waals surface area contributed by atoms with Crippen molar-refractivity contribution in [1.82, 2.24) is 9.47 Å². The first-order valence-electron chi connectivity index (χ1n) is 11.2. The summed E-state index contributed by atoms with van der Waals surface area (Å²) in [5.74, 6) is 0.540. The van der Waals surface area contributed by atoms with E-state index in [1.807, 2.05) is 0 Å². The van der Waals surface area contributed by atoms with Gasteiger partial charge in [-0.3, -0.25) is 4.90 Å². The number of benzene rings is 2. The molecule has 7 nitrogen and oxygen atoms in total. The Kier molecular flexibility index (Phi) is 6.50. The maximum atomic E-state index is 13.5. The fourth-order valence-corrected chi connectivity index (χ4v) is 5.45. The van der Waals surface area contributed by atoms with Gasteiger partial charge in [0.1, 0.15) is 18.0 Å². The van der Waals surface area contributed by atoms with E-state index in [1.165, 1.54) is 31.0 Å². The maximum Gasteiger partial charge on any atom is 0.420 e. The van der Waals surface area contributed by atoms with Crippen molar-refractivity contribution < 1.29 is 22.7 Å². The van der Waals surface area contributed by atoms with Gasteiger partial charge in [0.15, 0.2) is 5.03 Å². The molecule has 0 N–H and O–H groups in total. The van der Waals surface area contributed by atoms with E-state index in [9.17, 15) is 13.2 Å². The van der Waals surface area contributed by atoms with Gasteiger partial charge in [0, 0.05) is 11.9 Å². The van der Waals surface area contributed by atoms with Crippen LogP contribution in [0.5, 0.6) is 5.75 Å². The summed E-state index contributed by atoms with van der Waals surface area (Å²) in [5.41, 5.74) is -0.358. The van der Waals surface area contributed by atoms with Gasteiger partial charge in [0.2, 0.25) is 9.84 Å². The highest BCUT2D eigenvalue weighted by Crippen LogP contribution is 2.34. The van der Waals surface area contributed by atoms with Crippen LogP contribution in [0.3, 0.4) is 0 Å². The SMILES string of the molecule is CC(C)(C)OC(=O)n1c(S(=O)(=O)c2ccccc2)cc2c(OCCN3CCCC3)cccc21. The van der Waals surface area contributed by atoms with Crippen molar-refractivity contribution in [2.75, 3.05) is 26.2 Å². The van der Waals surface area contributed by atoms with Crippen LogP contribution < -0.4 is 4.74 Å². The third-order valence-electron chi connectivity index (χ3n) is 5.54. The summed E-state index contributed by atoms with van der Waals surface area (Å²) in [6.07, 6.45) is 1.66. The maximum absolute atomic E-state index is 13.5. The van der Waals surface area contributed by atoms with Crippen LogP contribution in [0.1, 0.15) is 33.6 Å². The van der Waals surface area contributed by atoms with Crippen molar-refractivity contribution in [2.24, 2.45) is 0 Å². The minimum Gasteiger partial charge on any atom is -0.492 e. The predicted octanol–water partition coefficient (Wildman–Crippen LogP) is 4.73. The summed E-state index contributed by atoms with van der Waals surface area (Å²) in [6.45, 7) is 8.67. The second-order valence-electron chi connectivity index (χ2n) is 9.20. The Morgan fingerprint density at radius 1 is 1.00 bits per heavy atom. The topological polar surface area (TPSA) is 77.8 Å². The number of rotatable bonds is 6. The average Bonchev–Trinajstić information content (AvgIpc) is 3.41. The van der Waals surface area contributed by atoms with Gasteiger partial charge in [0.05, 0.1) is 10.4 Å². The van der Waals surface area contributed by atoms with Crippen molar-refractivity contribution in [3.8, 4) is 5.75 Å². The van der Waals surface area contributed by atoms with Crippen molar-refractivity contribution in [3.05, 3.63) is 54.6 Å². The van der Waals surface area contributed by atoms with Crippen molar-refractivity contribution in [1.29, 1.82) is 0 Å².